The van der Waals surface area contributed by atoms with Gasteiger partial charge in [-0.25, -0.2) is 8.42 Å². The molecule has 0 unspecified atom stereocenters. The molecule has 1 aromatic rings. The second-order valence-corrected chi connectivity index (χ2v) is 9.17. The molecule has 4 nitrogen and oxygen atoms in total. The molecule has 0 saturated heterocycles. The van der Waals surface area contributed by atoms with Gasteiger partial charge in [0, 0.05) is 17.5 Å². The quantitative estimate of drug-likeness (QED) is 0.707. The predicted molar refractivity (Wildman–Crippen MR) is 90.4 cm³/mol. The second kappa shape index (κ2) is 8.27. The fraction of sp³-hybridized carbons (Fsp3) is 0.733. The molecule has 0 radical (unpaired) electrons. The fourth-order valence-electron chi connectivity index (χ4n) is 2.08. The lowest BCUT2D eigenvalue weighted by molar-refractivity contribution is 0.319. The van der Waals surface area contributed by atoms with E-state index in [-0.39, 0.29) is 6.04 Å². The fourth-order valence-corrected chi connectivity index (χ4v) is 5.37. The smallest absolute Gasteiger partial charge is 0.252 e. The van der Waals surface area contributed by atoms with E-state index in [4.69, 9.17) is 0 Å². The first-order chi connectivity index (χ1) is 9.78. The second-order valence-electron chi connectivity index (χ2n) is 5.89. The lowest BCUT2D eigenvalue weighted by Crippen LogP contribution is -2.39. The van der Waals surface area contributed by atoms with E-state index in [1.165, 1.54) is 11.3 Å². The maximum atomic E-state index is 12.8. The van der Waals surface area contributed by atoms with E-state index >= 15 is 0 Å². The van der Waals surface area contributed by atoms with Gasteiger partial charge < -0.3 is 5.32 Å². The van der Waals surface area contributed by atoms with Gasteiger partial charge >= 0.3 is 0 Å². The minimum Gasteiger partial charge on any atom is -0.317 e. The number of nitrogens with zero attached hydrogens (tertiary/aromatic N) is 1. The molecule has 0 aliphatic rings. The third-order valence-electron chi connectivity index (χ3n) is 3.12. The van der Waals surface area contributed by atoms with Gasteiger partial charge in [-0.15, -0.1) is 11.3 Å². The monoisotopic (exact) mass is 332 g/mol. The van der Waals surface area contributed by atoms with Crippen LogP contribution in [0.4, 0.5) is 0 Å². The molecule has 0 aliphatic heterocycles. The predicted octanol–water partition coefficient (Wildman–Crippen LogP) is 2.96. The zero-order valence-electron chi connectivity index (χ0n) is 13.7. The van der Waals surface area contributed by atoms with Gasteiger partial charge in [-0.05, 0) is 51.4 Å². The van der Waals surface area contributed by atoms with E-state index in [1.807, 2.05) is 33.8 Å². The van der Waals surface area contributed by atoms with Crippen molar-refractivity contribution < 1.29 is 8.42 Å². The van der Waals surface area contributed by atoms with Crippen LogP contribution in [-0.4, -0.2) is 38.4 Å². The van der Waals surface area contributed by atoms with Crippen LogP contribution >= 0.6 is 11.3 Å². The van der Waals surface area contributed by atoms with Crippen LogP contribution in [0.2, 0.25) is 0 Å². The number of thiophene rings is 1. The van der Waals surface area contributed by atoms with Crippen molar-refractivity contribution in [1.82, 2.24) is 9.62 Å². The molecule has 1 heterocycles. The first-order valence-corrected chi connectivity index (χ1v) is 9.86. The Morgan fingerprint density at radius 3 is 2.43 bits per heavy atom. The molecule has 0 saturated carbocycles. The maximum absolute atomic E-state index is 12.8. The van der Waals surface area contributed by atoms with Crippen LogP contribution in [0.3, 0.4) is 0 Å². The summed E-state index contributed by atoms with van der Waals surface area (Å²) in [6.07, 6.45) is 0.875. The summed E-state index contributed by atoms with van der Waals surface area (Å²) in [4.78, 5) is 1.11. The Kier molecular flexibility index (Phi) is 7.33. The van der Waals surface area contributed by atoms with Crippen molar-refractivity contribution in [3.8, 4) is 0 Å². The highest BCUT2D eigenvalue weighted by atomic mass is 32.2. The molecule has 0 fully saturated rings. The Morgan fingerprint density at radius 1 is 1.24 bits per heavy atom. The van der Waals surface area contributed by atoms with Gasteiger partial charge in [-0.2, -0.15) is 4.31 Å². The average molecular weight is 333 g/mol. The zero-order valence-corrected chi connectivity index (χ0v) is 15.4. The maximum Gasteiger partial charge on any atom is 0.252 e. The first-order valence-electron chi connectivity index (χ1n) is 7.60. The van der Waals surface area contributed by atoms with Gasteiger partial charge in [-0.3, -0.25) is 0 Å². The molecule has 1 aromatic heterocycles. The van der Waals surface area contributed by atoms with E-state index in [2.05, 4.69) is 12.2 Å². The highest BCUT2D eigenvalue weighted by molar-refractivity contribution is 7.91. The molecule has 0 aromatic carbocycles. The summed E-state index contributed by atoms with van der Waals surface area (Å²) in [6, 6.07) is 3.66. The molecular formula is C15H28N2O2S2. The Bertz CT molecular complexity index is 522. The average Bonchev–Trinajstić information content (AvgIpc) is 2.85. The lowest BCUT2D eigenvalue weighted by atomic mass is 10.2. The van der Waals surface area contributed by atoms with Gasteiger partial charge in [0.25, 0.3) is 10.0 Å². The van der Waals surface area contributed by atoms with Crippen molar-refractivity contribution in [3.05, 3.63) is 17.0 Å². The van der Waals surface area contributed by atoms with Crippen LogP contribution < -0.4 is 5.32 Å². The number of rotatable bonds is 9. The van der Waals surface area contributed by atoms with Crippen LogP contribution in [0.25, 0.3) is 0 Å². The van der Waals surface area contributed by atoms with Gasteiger partial charge in [-0.1, -0.05) is 20.8 Å². The van der Waals surface area contributed by atoms with Gasteiger partial charge in [0.2, 0.25) is 0 Å². The Morgan fingerprint density at radius 2 is 1.90 bits per heavy atom. The van der Waals surface area contributed by atoms with E-state index in [0.29, 0.717) is 16.7 Å². The lowest BCUT2D eigenvalue weighted by Gasteiger charge is -2.26. The number of hydrogen-bond donors (Lipinski definition) is 1. The summed E-state index contributed by atoms with van der Waals surface area (Å²) in [7, 11) is -3.37. The van der Waals surface area contributed by atoms with E-state index in [9.17, 15) is 8.42 Å². The summed E-state index contributed by atoms with van der Waals surface area (Å²) in [6.45, 7) is 12.4. The largest absolute Gasteiger partial charge is 0.317 e. The highest BCUT2D eigenvalue weighted by Crippen LogP contribution is 2.27. The number of likely N-dealkylation sites (N-methyl/N-ethyl adjacent to an activating group) is 1. The topological polar surface area (TPSA) is 49.4 Å². The molecule has 122 valence electrons. The van der Waals surface area contributed by atoms with E-state index < -0.39 is 10.0 Å². The van der Waals surface area contributed by atoms with Gasteiger partial charge in [0.05, 0.1) is 0 Å². The van der Waals surface area contributed by atoms with Crippen molar-refractivity contribution >= 4 is 21.4 Å². The number of nitrogens with one attached hydrogen (secondary N) is 1. The van der Waals surface area contributed by atoms with Crippen molar-refractivity contribution in [2.24, 2.45) is 5.92 Å². The van der Waals surface area contributed by atoms with Crippen molar-refractivity contribution in [2.45, 2.75) is 51.3 Å². The van der Waals surface area contributed by atoms with Crippen LogP contribution in [0.5, 0.6) is 0 Å². The minimum absolute atomic E-state index is 0.0234. The summed E-state index contributed by atoms with van der Waals surface area (Å²) in [5.74, 6) is 0.315. The minimum atomic E-state index is -3.37. The molecule has 1 N–H and O–H groups in total. The number of sulfonamides is 1. The van der Waals surface area contributed by atoms with Gasteiger partial charge in [0.1, 0.15) is 4.21 Å². The van der Waals surface area contributed by atoms with Crippen LogP contribution in [0.1, 0.15) is 39.5 Å². The first kappa shape index (κ1) is 18.6. The van der Waals surface area contributed by atoms with Crippen LogP contribution in [0.15, 0.2) is 16.3 Å². The zero-order chi connectivity index (χ0) is 16.0. The van der Waals surface area contributed by atoms with Crippen LogP contribution in [0, 0.1) is 5.92 Å². The highest BCUT2D eigenvalue weighted by Gasteiger charge is 2.28. The van der Waals surface area contributed by atoms with Crippen molar-refractivity contribution in [2.75, 3.05) is 19.6 Å². The molecule has 0 aliphatic carbocycles. The Labute approximate surface area is 133 Å². The van der Waals surface area contributed by atoms with Crippen molar-refractivity contribution in [1.29, 1.82) is 0 Å². The summed E-state index contributed by atoms with van der Waals surface area (Å²) >= 11 is 1.39. The van der Waals surface area contributed by atoms with E-state index in [1.54, 1.807) is 10.4 Å². The van der Waals surface area contributed by atoms with Gasteiger partial charge in [0.15, 0.2) is 0 Å². The summed E-state index contributed by atoms with van der Waals surface area (Å²) in [5.41, 5.74) is 0. The standard InChI is InChI=1S/C15H28N2O2S2/c1-6-16-10-9-14-7-8-15(20-14)21(18,19)17(13(4)5)11-12(2)3/h7-8,12-13,16H,6,9-11H2,1-5H3. The third-order valence-corrected chi connectivity index (χ3v) is 6.77. The van der Waals surface area contributed by atoms with Crippen LogP contribution in [-0.2, 0) is 16.4 Å². The molecule has 1 rings (SSSR count). The third kappa shape index (κ3) is 5.36. The molecule has 0 atom stereocenters. The number of hydrogen-bond acceptors (Lipinski definition) is 4. The SMILES string of the molecule is CCNCCc1ccc(S(=O)(=O)N(CC(C)C)C(C)C)s1. The molecule has 0 amide bonds. The van der Waals surface area contributed by atoms with E-state index in [0.717, 1.165) is 24.4 Å². The normalized spacial score (nSPS) is 12.8. The van der Waals surface area contributed by atoms with Crippen molar-refractivity contribution in [3.63, 3.8) is 0 Å². The molecule has 6 heteroatoms. The molecule has 21 heavy (non-hydrogen) atoms. The molecule has 0 spiro atoms. The Balaban J connectivity index is 2.90. The summed E-state index contributed by atoms with van der Waals surface area (Å²) < 4.78 is 27.6. The molecule has 0 bridgehead atoms. The Hall–Kier alpha value is -0.430. The molecular weight excluding hydrogens is 304 g/mol. The summed E-state index contributed by atoms with van der Waals surface area (Å²) in [5, 5.41) is 3.26.